The molecular weight excluding hydrogens is 338 g/mol. The van der Waals surface area contributed by atoms with Gasteiger partial charge in [0.25, 0.3) is 0 Å². The predicted octanol–water partition coefficient (Wildman–Crippen LogP) is 3.19. The predicted molar refractivity (Wildman–Crippen MR) is 98.6 cm³/mol. The minimum Gasteiger partial charge on any atom is -0.494 e. The molecule has 1 atom stereocenters. The first-order valence-electron chi connectivity index (χ1n) is 8.81. The fraction of sp³-hybridized carbons (Fsp3) is 0.579. The normalized spacial score (nSPS) is 16.5. The zero-order chi connectivity index (χ0) is 18.2. The maximum Gasteiger partial charge on any atom is 0.222 e. The average Bonchev–Trinajstić information content (AvgIpc) is 2.61. The quantitative estimate of drug-likeness (QED) is 0.698. The third kappa shape index (κ3) is 5.91. The van der Waals surface area contributed by atoms with Gasteiger partial charge in [-0.05, 0) is 36.6 Å². The van der Waals surface area contributed by atoms with E-state index in [1.165, 1.54) is 0 Å². The summed E-state index contributed by atoms with van der Waals surface area (Å²) in [7, 11) is 0. The van der Waals surface area contributed by atoms with Crippen molar-refractivity contribution in [3.05, 3.63) is 29.3 Å². The molecule has 1 aromatic carbocycles. The van der Waals surface area contributed by atoms with Crippen molar-refractivity contribution in [1.82, 2.24) is 9.80 Å². The van der Waals surface area contributed by atoms with E-state index in [1.807, 2.05) is 17.0 Å². The lowest BCUT2D eigenvalue weighted by atomic mass is 10.0. The first-order valence-corrected chi connectivity index (χ1v) is 9.19. The van der Waals surface area contributed by atoms with Crippen molar-refractivity contribution in [2.45, 2.75) is 32.7 Å². The summed E-state index contributed by atoms with van der Waals surface area (Å²) in [4.78, 5) is 16.4. The van der Waals surface area contributed by atoms with Crippen LogP contribution in [0.4, 0.5) is 0 Å². The van der Waals surface area contributed by atoms with Crippen LogP contribution in [0.25, 0.3) is 0 Å². The molecule has 1 unspecified atom stereocenters. The second kappa shape index (κ2) is 9.65. The monoisotopic (exact) mass is 363 g/mol. The van der Waals surface area contributed by atoms with Crippen LogP contribution in [0.15, 0.2) is 24.3 Å². The van der Waals surface area contributed by atoms with Crippen LogP contribution in [0.1, 0.15) is 26.7 Å². The molecule has 25 heavy (non-hydrogen) atoms. The Bertz CT molecular complexity index is 590. The Kier molecular flexibility index (Phi) is 7.54. The van der Waals surface area contributed by atoms with Crippen LogP contribution in [0.5, 0.6) is 5.75 Å². The number of hydrogen-bond donors (Lipinski definition) is 0. The van der Waals surface area contributed by atoms with Crippen LogP contribution in [-0.4, -0.2) is 54.5 Å². The Morgan fingerprint density at radius 2 is 1.88 bits per heavy atom. The van der Waals surface area contributed by atoms with Crippen molar-refractivity contribution in [1.29, 1.82) is 5.26 Å². The molecule has 1 saturated heterocycles. The summed E-state index contributed by atoms with van der Waals surface area (Å²) in [6, 6.07) is 9.53. The van der Waals surface area contributed by atoms with Gasteiger partial charge in [0.15, 0.2) is 0 Å². The number of nitriles is 1. The molecule has 136 valence electrons. The van der Waals surface area contributed by atoms with E-state index in [0.717, 1.165) is 18.8 Å². The lowest BCUT2D eigenvalue weighted by Crippen LogP contribution is -2.52. The largest absolute Gasteiger partial charge is 0.494 e. The Morgan fingerprint density at radius 1 is 1.24 bits per heavy atom. The van der Waals surface area contributed by atoms with Gasteiger partial charge in [0, 0.05) is 37.6 Å². The molecular formula is C19H26ClN3O2. The zero-order valence-corrected chi connectivity index (χ0v) is 15.7. The second-order valence-electron chi connectivity index (χ2n) is 6.64. The highest BCUT2D eigenvalue weighted by Crippen LogP contribution is 2.16. The van der Waals surface area contributed by atoms with Crippen molar-refractivity contribution < 1.29 is 9.53 Å². The maximum absolute atomic E-state index is 12.3. The zero-order valence-electron chi connectivity index (χ0n) is 14.9. The van der Waals surface area contributed by atoms with Gasteiger partial charge in [-0.2, -0.15) is 5.26 Å². The molecule has 1 aliphatic rings. The first-order chi connectivity index (χ1) is 12.0. The van der Waals surface area contributed by atoms with Crippen molar-refractivity contribution in [3.63, 3.8) is 0 Å². The van der Waals surface area contributed by atoms with E-state index >= 15 is 0 Å². The molecule has 6 heteroatoms. The van der Waals surface area contributed by atoms with Gasteiger partial charge < -0.3 is 9.64 Å². The Balaban J connectivity index is 1.67. The summed E-state index contributed by atoms with van der Waals surface area (Å²) in [5.41, 5.74) is 0. The van der Waals surface area contributed by atoms with E-state index in [1.54, 1.807) is 12.1 Å². The van der Waals surface area contributed by atoms with E-state index in [4.69, 9.17) is 16.3 Å². The van der Waals surface area contributed by atoms with E-state index in [2.05, 4.69) is 24.8 Å². The second-order valence-corrected chi connectivity index (χ2v) is 7.08. The van der Waals surface area contributed by atoms with Crippen molar-refractivity contribution in [2.75, 3.05) is 32.8 Å². The molecule has 0 aromatic heterocycles. The van der Waals surface area contributed by atoms with Gasteiger partial charge in [-0.3, -0.25) is 9.69 Å². The van der Waals surface area contributed by atoms with Crippen molar-refractivity contribution >= 4 is 17.5 Å². The molecule has 0 N–H and O–H groups in total. The molecule has 1 amide bonds. The molecule has 1 aromatic rings. The van der Waals surface area contributed by atoms with Crippen LogP contribution in [0.3, 0.4) is 0 Å². The van der Waals surface area contributed by atoms with Crippen molar-refractivity contribution in [2.24, 2.45) is 5.92 Å². The Labute approximate surface area is 155 Å². The van der Waals surface area contributed by atoms with Gasteiger partial charge in [0.1, 0.15) is 11.8 Å². The van der Waals surface area contributed by atoms with Crippen LogP contribution in [0.2, 0.25) is 5.02 Å². The van der Waals surface area contributed by atoms with Gasteiger partial charge in [-0.1, -0.05) is 25.4 Å². The summed E-state index contributed by atoms with van der Waals surface area (Å²) >= 11 is 5.83. The van der Waals surface area contributed by atoms with Gasteiger partial charge in [-0.15, -0.1) is 0 Å². The molecule has 0 bridgehead atoms. The van der Waals surface area contributed by atoms with Gasteiger partial charge in [-0.25, -0.2) is 0 Å². The standard InChI is InChI=1S/C19H26ClN3O2/c1-15(2)18(14-21)22-9-11-23(12-10-22)19(24)4-3-13-25-17-7-5-16(20)6-8-17/h5-8,15,18H,3-4,9-13H2,1-2H3. The number of ether oxygens (including phenoxy) is 1. The summed E-state index contributed by atoms with van der Waals surface area (Å²) in [6.45, 7) is 7.56. The van der Waals surface area contributed by atoms with Crippen LogP contribution in [0, 0.1) is 17.2 Å². The summed E-state index contributed by atoms with van der Waals surface area (Å²) < 4.78 is 5.61. The van der Waals surface area contributed by atoms with Gasteiger partial charge in [0.2, 0.25) is 5.91 Å². The van der Waals surface area contributed by atoms with Crippen molar-refractivity contribution in [3.8, 4) is 11.8 Å². The molecule has 0 aliphatic carbocycles. The number of carbonyl (C=O) groups excluding carboxylic acids is 1. The summed E-state index contributed by atoms with van der Waals surface area (Å²) in [6.07, 6.45) is 1.17. The lowest BCUT2D eigenvalue weighted by molar-refractivity contribution is -0.133. The first kappa shape index (κ1) is 19.6. The number of halogens is 1. The molecule has 1 fully saturated rings. The highest BCUT2D eigenvalue weighted by Gasteiger charge is 2.27. The minimum atomic E-state index is -0.0648. The number of amides is 1. The summed E-state index contributed by atoms with van der Waals surface area (Å²) in [5, 5.41) is 9.96. The fourth-order valence-electron chi connectivity index (χ4n) is 3.00. The molecule has 0 saturated carbocycles. The van der Waals surface area contributed by atoms with Crippen LogP contribution < -0.4 is 4.74 Å². The fourth-order valence-corrected chi connectivity index (χ4v) is 3.13. The summed E-state index contributed by atoms with van der Waals surface area (Å²) in [5.74, 6) is 1.23. The molecule has 0 spiro atoms. The van der Waals surface area contributed by atoms with Crippen LogP contribution >= 0.6 is 11.6 Å². The molecule has 1 aliphatic heterocycles. The number of rotatable bonds is 7. The van der Waals surface area contributed by atoms with E-state index in [-0.39, 0.29) is 11.9 Å². The third-order valence-electron chi connectivity index (χ3n) is 4.44. The maximum atomic E-state index is 12.3. The highest BCUT2D eigenvalue weighted by molar-refractivity contribution is 6.30. The van der Waals surface area contributed by atoms with E-state index in [0.29, 0.717) is 43.5 Å². The number of carbonyl (C=O) groups is 1. The van der Waals surface area contributed by atoms with Crippen LogP contribution in [-0.2, 0) is 4.79 Å². The molecule has 0 radical (unpaired) electrons. The number of hydrogen-bond acceptors (Lipinski definition) is 4. The smallest absolute Gasteiger partial charge is 0.222 e. The number of nitrogens with zero attached hydrogens (tertiary/aromatic N) is 3. The van der Waals surface area contributed by atoms with E-state index in [9.17, 15) is 10.1 Å². The molecule has 1 heterocycles. The van der Waals surface area contributed by atoms with E-state index < -0.39 is 0 Å². The highest BCUT2D eigenvalue weighted by atomic mass is 35.5. The third-order valence-corrected chi connectivity index (χ3v) is 4.69. The topological polar surface area (TPSA) is 56.6 Å². The molecule has 5 nitrogen and oxygen atoms in total. The Hall–Kier alpha value is -1.77. The number of benzene rings is 1. The minimum absolute atomic E-state index is 0.0648. The Morgan fingerprint density at radius 3 is 2.44 bits per heavy atom. The SMILES string of the molecule is CC(C)C(C#N)N1CCN(C(=O)CCCOc2ccc(Cl)cc2)CC1. The number of piperazine rings is 1. The lowest BCUT2D eigenvalue weighted by Gasteiger charge is -2.38. The average molecular weight is 364 g/mol. The molecule has 2 rings (SSSR count). The van der Waals surface area contributed by atoms with Gasteiger partial charge >= 0.3 is 0 Å². The van der Waals surface area contributed by atoms with Gasteiger partial charge in [0.05, 0.1) is 12.7 Å².